The van der Waals surface area contributed by atoms with Crippen molar-refractivity contribution in [2.75, 3.05) is 18.5 Å². The summed E-state index contributed by atoms with van der Waals surface area (Å²) in [6.45, 7) is 0.872. The van der Waals surface area contributed by atoms with Gasteiger partial charge in [-0.15, -0.1) is 0 Å². The molecule has 1 heterocycles. The van der Waals surface area contributed by atoms with Crippen molar-refractivity contribution in [3.05, 3.63) is 29.8 Å². The summed E-state index contributed by atoms with van der Waals surface area (Å²) in [6, 6.07) is 8.18. The van der Waals surface area contributed by atoms with E-state index in [0.717, 1.165) is 37.9 Å². The zero-order valence-electron chi connectivity index (χ0n) is 12.4. The fourth-order valence-electron chi connectivity index (χ4n) is 3.66. The van der Waals surface area contributed by atoms with Gasteiger partial charge in [0.1, 0.15) is 0 Å². The Labute approximate surface area is 125 Å². The van der Waals surface area contributed by atoms with Gasteiger partial charge in [0, 0.05) is 24.6 Å². The smallest absolute Gasteiger partial charge is 0.221 e. The fraction of sp³-hybridized carbons (Fsp3) is 0.588. The number of fused-ring (bicyclic) bond motifs is 1. The third-order valence-corrected chi connectivity index (χ3v) is 4.89. The van der Waals surface area contributed by atoms with E-state index in [1.807, 2.05) is 12.1 Å². The Kier molecular flexibility index (Phi) is 4.15. The lowest BCUT2D eigenvalue weighted by Gasteiger charge is -2.36. The van der Waals surface area contributed by atoms with Gasteiger partial charge in [-0.3, -0.25) is 4.79 Å². The molecule has 0 radical (unpaired) electrons. The first-order valence-electron chi connectivity index (χ1n) is 7.97. The quantitative estimate of drug-likeness (QED) is 0.797. The Hall–Kier alpha value is -1.55. The number of aliphatic hydroxyl groups excluding tert-OH is 1. The van der Waals surface area contributed by atoms with E-state index in [1.165, 1.54) is 12.0 Å². The first-order valence-corrected chi connectivity index (χ1v) is 7.97. The molecular weight excluding hydrogens is 264 g/mol. The molecule has 1 aromatic rings. The highest BCUT2D eigenvalue weighted by Crippen LogP contribution is 2.34. The summed E-state index contributed by atoms with van der Waals surface area (Å²) in [7, 11) is 0. The van der Waals surface area contributed by atoms with Gasteiger partial charge >= 0.3 is 0 Å². The Balaban J connectivity index is 1.62. The molecule has 1 unspecified atom stereocenters. The fourth-order valence-corrected chi connectivity index (χ4v) is 3.66. The highest BCUT2D eigenvalue weighted by atomic mass is 16.3. The molecule has 4 heteroatoms. The average molecular weight is 288 g/mol. The second-order valence-electron chi connectivity index (χ2n) is 6.42. The van der Waals surface area contributed by atoms with Crippen LogP contribution in [-0.2, 0) is 4.79 Å². The molecule has 0 aromatic heterocycles. The molecule has 21 heavy (non-hydrogen) atoms. The van der Waals surface area contributed by atoms with E-state index in [1.54, 1.807) is 0 Å². The Bertz CT molecular complexity index is 509. The number of anilines is 1. The number of hydrogen-bond acceptors (Lipinski definition) is 3. The van der Waals surface area contributed by atoms with E-state index in [2.05, 4.69) is 22.8 Å². The molecule has 3 N–H and O–H groups in total. The van der Waals surface area contributed by atoms with Crippen LogP contribution >= 0.6 is 0 Å². The Morgan fingerprint density at radius 2 is 2.05 bits per heavy atom. The molecule has 1 amide bonds. The van der Waals surface area contributed by atoms with Crippen LogP contribution < -0.4 is 10.6 Å². The third-order valence-electron chi connectivity index (χ3n) is 4.89. The van der Waals surface area contributed by atoms with Crippen molar-refractivity contribution >= 4 is 11.6 Å². The summed E-state index contributed by atoms with van der Waals surface area (Å²) < 4.78 is 0. The van der Waals surface area contributed by atoms with Crippen LogP contribution in [0.5, 0.6) is 0 Å². The van der Waals surface area contributed by atoms with Gasteiger partial charge in [-0.25, -0.2) is 0 Å². The number of amides is 1. The number of benzene rings is 1. The van der Waals surface area contributed by atoms with Crippen LogP contribution in [0.4, 0.5) is 5.69 Å². The minimum Gasteiger partial charge on any atom is -0.394 e. The summed E-state index contributed by atoms with van der Waals surface area (Å²) >= 11 is 0. The number of para-hydroxylation sites is 1. The van der Waals surface area contributed by atoms with E-state index < -0.39 is 0 Å². The van der Waals surface area contributed by atoms with Gasteiger partial charge in [0.2, 0.25) is 5.91 Å². The van der Waals surface area contributed by atoms with Crippen molar-refractivity contribution in [3.8, 4) is 0 Å². The Morgan fingerprint density at radius 3 is 2.81 bits per heavy atom. The van der Waals surface area contributed by atoms with Crippen LogP contribution in [0.2, 0.25) is 0 Å². The van der Waals surface area contributed by atoms with Gasteiger partial charge in [-0.05, 0) is 24.5 Å². The standard InChI is InChI=1S/C17H24N2O2/c20-12-17(8-4-1-5-9-17)19-16(21)10-13-11-18-15-7-3-2-6-14(13)15/h2-3,6-7,13,18,20H,1,4-5,8-12H2,(H,19,21). The maximum absolute atomic E-state index is 12.4. The van der Waals surface area contributed by atoms with Gasteiger partial charge in [-0.2, -0.15) is 0 Å². The molecular formula is C17H24N2O2. The number of hydrogen-bond donors (Lipinski definition) is 3. The number of aliphatic hydroxyl groups is 1. The van der Waals surface area contributed by atoms with Gasteiger partial charge in [-0.1, -0.05) is 37.5 Å². The summed E-state index contributed by atoms with van der Waals surface area (Å²) in [4.78, 5) is 12.4. The first kappa shape index (κ1) is 14.4. The maximum atomic E-state index is 12.4. The predicted octanol–water partition coefficient (Wildman–Crippen LogP) is 2.40. The van der Waals surface area contributed by atoms with Crippen LogP contribution in [0.25, 0.3) is 0 Å². The van der Waals surface area contributed by atoms with Crippen molar-refractivity contribution in [3.63, 3.8) is 0 Å². The molecule has 1 aromatic carbocycles. The van der Waals surface area contributed by atoms with E-state index in [9.17, 15) is 9.90 Å². The SMILES string of the molecule is O=C(CC1CNc2ccccc21)NC1(CO)CCCCC1. The van der Waals surface area contributed by atoms with Gasteiger partial charge in [0.25, 0.3) is 0 Å². The molecule has 1 fully saturated rings. The van der Waals surface area contributed by atoms with Crippen LogP contribution in [0.15, 0.2) is 24.3 Å². The minimum atomic E-state index is -0.374. The average Bonchev–Trinajstić information content (AvgIpc) is 2.91. The van der Waals surface area contributed by atoms with Crippen LogP contribution in [0.1, 0.15) is 50.0 Å². The van der Waals surface area contributed by atoms with Crippen molar-refractivity contribution < 1.29 is 9.90 Å². The molecule has 1 atom stereocenters. The molecule has 1 aliphatic carbocycles. The van der Waals surface area contributed by atoms with Crippen molar-refractivity contribution in [1.82, 2.24) is 5.32 Å². The summed E-state index contributed by atoms with van der Waals surface area (Å²) in [5.74, 6) is 0.301. The number of rotatable bonds is 4. The molecule has 0 bridgehead atoms. The summed E-state index contributed by atoms with van der Waals surface area (Å²) in [5, 5.41) is 16.2. The monoisotopic (exact) mass is 288 g/mol. The lowest BCUT2D eigenvalue weighted by atomic mass is 9.82. The molecule has 4 nitrogen and oxygen atoms in total. The topological polar surface area (TPSA) is 61.4 Å². The molecule has 2 aliphatic rings. The second-order valence-corrected chi connectivity index (χ2v) is 6.42. The summed E-state index contributed by atoms with van der Waals surface area (Å²) in [6.07, 6.45) is 5.68. The largest absolute Gasteiger partial charge is 0.394 e. The third kappa shape index (κ3) is 3.05. The molecule has 3 rings (SSSR count). The highest BCUT2D eigenvalue weighted by molar-refractivity contribution is 5.79. The van der Waals surface area contributed by atoms with Crippen molar-refractivity contribution in [1.29, 1.82) is 0 Å². The molecule has 1 saturated carbocycles. The van der Waals surface area contributed by atoms with Crippen LogP contribution in [-0.4, -0.2) is 29.7 Å². The number of carbonyl (C=O) groups is 1. The van der Waals surface area contributed by atoms with E-state index in [4.69, 9.17) is 0 Å². The molecule has 114 valence electrons. The first-order chi connectivity index (χ1) is 10.2. The zero-order chi connectivity index (χ0) is 14.7. The Morgan fingerprint density at radius 1 is 1.29 bits per heavy atom. The number of nitrogens with one attached hydrogen (secondary N) is 2. The highest BCUT2D eigenvalue weighted by Gasteiger charge is 2.34. The van der Waals surface area contributed by atoms with Crippen molar-refractivity contribution in [2.45, 2.75) is 50.0 Å². The van der Waals surface area contributed by atoms with Crippen LogP contribution in [0.3, 0.4) is 0 Å². The maximum Gasteiger partial charge on any atom is 0.221 e. The van der Waals surface area contributed by atoms with Gasteiger partial charge in [0.15, 0.2) is 0 Å². The normalized spacial score (nSPS) is 23.2. The van der Waals surface area contributed by atoms with E-state index in [-0.39, 0.29) is 24.0 Å². The number of carbonyl (C=O) groups excluding carboxylic acids is 1. The lowest BCUT2D eigenvalue weighted by molar-refractivity contribution is -0.124. The van der Waals surface area contributed by atoms with Crippen molar-refractivity contribution in [2.24, 2.45) is 0 Å². The molecule has 1 aliphatic heterocycles. The summed E-state index contributed by atoms with van der Waals surface area (Å²) in [5.41, 5.74) is 2.00. The zero-order valence-corrected chi connectivity index (χ0v) is 12.4. The van der Waals surface area contributed by atoms with Gasteiger partial charge < -0.3 is 15.7 Å². The van der Waals surface area contributed by atoms with Gasteiger partial charge in [0.05, 0.1) is 12.1 Å². The minimum absolute atomic E-state index is 0.0538. The molecule has 0 spiro atoms. The van der Waals surface area contributed by atoms with E-state index >= 15 is 0 Å². The second kappa shape index (κ2) is 6.06. The van der Waals surface area contributed by atoms with Crippen LogP contribution in [0, 0.1) is 0 Å². The molecule has 0 saturated heterocycles. The lowest BCUT2D eigenvalue weighted by Crippen LogP contribution is -2.52. The predicted molar refractivity (Wildman–Crippen MR) is 83.3 cm³/mol. The van der Waals surface area contributed by atoms with E-state index in [0.29, 0.717) is 6.42 Å².